The Morgan fingerprint density at radius 2 is 1.29 bits per heavy atom. The van der Waals surface area contributed by atoms with E-state index in [0.29, 0.717) is 0 Å². The van der Waals surface area contributed by atoms with Gasteiger partial charge < -0.3 is 0 Å². The van der Waals surface area contributed by atoms with Crippen LogP contribution in [0.5, 0.6) is 0 Å². The van der Waals surface area contributed by atoms with Gasteiger partial charge in [0, 0.05) is 0 Å². The second-order valence-corrected chi connectivity index (χ2v) is 28.3. The fourth-order valence-corrected chi connectivity index (χ4v) is 20.8. The maximum atomic E-state index is 10.5. The van der Waals surface area contributed by atoms with Gasteiger partial charge in [-0.3, -0.25) is 0 Å². The molecule has 1 unspecified atom stereocenters. The molecule has 0 aromatic heterocycles. The van der Waals surface area contributed by atoms with E-state index >= 15 is 0 Å². The molecule has 0 amide bonds. The molecule has 0 aliphatic carbocycles. The minimum absolute atomic E-state index is 0.0986. The standard InChI is InChI=1S/C9H19OSi.3C4H9.Sn/c1-5-9(10)7-6-8-11(2,3)4;3*1-3-4-2;/h6,8-10H,1,5,7H2,2-4H3;3*1,3-4H2,2H3;/b8-6+;;;;. The Balaban J connectivity index is 4.66. The summed E-state index contributed by atoms with van der Waals surface area (Å²) in [7, 11) is -1.11. The van der Waals surface area contributed by atoms with Crippen LogP contribution in [0.15, 0.2) is 11.8 Å². The summed E-state index contributed by atoms with van der Waals surface area (Å²) in [5, 5.41) is 10.5. The Bertz CT molecular complexity index is 301. The maximum absolute atomic E-state index is 10.5. The van der Waals surface area contributed by atoms with Gasteiger partial charge in [-0.05, 0) is 0 Å². The van der Waals surface area contributed by atoms with Crippen molar-refractivity contribution >= 4 is 26.5 Å². The molecule has 0 fully saturated rings. The fraction of sp³-hybridized carbons (Fsp3) is 0.905. The zero-order valence-electron chi connectivity index (χ0n) is 17.7. The predicted molar refractivity (Wildman–Crippen MR) is 117 cm³/mol. The summed E-state index contributed by atoms with van der Waals surface area (Å²) in [6.45, 7) is 14.1. The van der Waals surface area contributed by atoms with Gasteiger partial charge in [-0.2, -0.15) is 0 Å². The van der Waals surface area contributed by atoms with Gasteiger partial charge >= 0.3 is 159 Å². The van der Waals surface area contributed by atoms with Gasteiger partial charge in [0.25, 0.3) is 0 Å². The third-order valence-electron chi connectivity index (χ3n) is 5.22. The van der Waals surface area contributed by atoms with Gasteiger partial charge in [-0.25, -0.2) is 0 Å². The van der Waals surface area contributed by atoms with Crippen LogP contribution >= 0.6 is 0 Å². The van der Waals surface area contributed by atoms with Crippen molar-refractivity contribution < 1.29 is 5.11 Å². The van der Waals surface area contributed by atoms with Crippen LogP contribution in [0.1, 0.15) is 72.1 Å². The second kappa shape index (κ2) is 13.9. The third-order valence-corrected chi connectivity index (χ3v) is 22.4. The SMILES string of the molecule is CCC[CH2][Sn]([CH2]CCC)([CH2]CCC)[CH2]CC(O)C/C=C/[Si](C)(C)C. The molecule has 1 N–H and O–H groups in total. The van der Waals surface area contributed by atoms with Crippen molar-refractivity contribution in [2.24, 2.45) is 0 Å². The van der Waals surface area contributed by atoms with Crippen LogP contribution in [-0.4, -0.2) is 37.7 Å². The van der Waals surface area contributed by atoms with E-state index in [4.69, 9.17) is 0 Å². The molecule has 1 nitrogen and oxygen atoms in total. The van der Waals surface area contributed by atoms with E-state index in [2.05, 4.69) is 52.2 Å². The molecule has 144 valence electrons. The molecule has 24 heavy (non-hydrogen) atoms. The minimum atomic E-state index is -2.02. The van der Waals surface area contributed by atoms with Crippen molar-refractivity contribution in [3.8, 4) is 0 Å². The number of aliphatic hydroxyl groups excluding tert-OH is 1. The molecule has 0 aliphatic heterocycles. The Kier molecular flexibility index (Phi) is 14.3. The first-order chi connectivity index (χ1) is 11.3. The number of aliphatic hydroxyl groups is 1. The molecule has 1 atom stereocenters. The van der Waals surface area contributed by atoms with Crippen LogP contribution in [0, 0.1) is 0 Å². The van der Waals surface area contributed by atoms with E-state index in [1.165, 1.54) is 43.0 Å². The Morgan fingerprint density at radius 1 is 0.833 bits per heavy atom. The zero-order valence-corrected chi connectivity index (χ0v) is 21.5. The van der Waals surface area contributed by atoms with E-state index < -0.39 is 26.5 Å². The molecule has 0 bridgehead atoms. The van der Waals surface area contributed by atoms with Crippen LogP contribution in [0.3, 0.4) is 0 Å². The summed E-state index contributed by atoms with van der Waals surface area (Å²) in [5.41, 5.74) is 2.39. The first-order valence-electron chi connectivity index (χ1n) is 10.6. The summed E-state index contributed by atoms with van der Waals surface area (Å²) < 4.78 is 6.14. The van der Waals surface area contributed by atoms with E-state index in [9.17, 15) is 5.11 Å². The molecule has 0 saturated carbocycles. The molecule has 0 saturated heterocycles. The number of unbranched alkanes of at least 4 members (excludes halogenated alkanes) is 3. The van der Waals surface area contributed by atoms with Crippen molar-refractivity contribution in [2.75, 3.05) is 0 Å². The number of hydrogen-bond donors (Lipinski definition) is 1. The monoisotopic (exact) mass is 462 g/mol. The fourth-order valence-electron chi connectivity index (χ4n) is 3.57. The summed E-state index contributed by atoms with van der Waals surface area (Å²) in [6, 6.07) is 0. The van der Waals surface area contributed by atoms with E-state index in [1.54, 1.807) is 13.3 Å². The van der Waals surface area contributed by atoms with Gasteiger partial charge in [-0.1, -0.05) is 0 Å². The van der Waals surface area contributed by atoms with Crippen molar-refractivity contribution in [1.82, 2.24) is 0 Å². The number of hydrogen-bond acceptors (Lipinski definition) is 1. The normalized spacial score (nSPS) is 14.5. The van der Waals surface area contributed by atoms with E-state index in [1.807, 2.05) is 0 Å². The third kappa shape index (κ3) is 13.0. The van der Waals surface area contributed by atoms with Crippen molar-refractivity contribution in [3.63, 3.8) is 0 Å². The van der Waals surface area contributed by atoms with Gasteiger partial charge in [0.05, 0.1) is 0 Å². The van der Waals surface area contributed by atoms with Gasteiger partial charge in [0.1, 0.15) is 0 Å². The van der Waals surface area contributed by atoms with Crippen LogP contribution in [0.25, 0.3) is 0 Å². The summed E-state index contributed by atoms with van der Waals surface area (Å²) in [4.78, 5) is 0. The first kappa shape index (κ1) is 24.7. The molecule has 0 rings (SSSR count). The molecule has 0 aliphatic rings. The average Bonchev–Trinajstić information content (AvgIpc) is 2.52. The van der Waals surface area contributed by atoms with Crippen LogP contribution in [-0.2, 0) is 0 Å². The predicted octanol–water partition coefficient (Wildman–Crippen LogP) is 7.41. The summed E-state index contributed by atoms with van der Waals surface area (Å²) in [5.74, 6) is 0. The first-order valence-corrected chi connectivity index (χ1v) is 22.3. The Morgan fingerprint density at radius 3 is 1.67 bits per heavy atom. The topological polar surface area (TPSA) is 20.2 Å². The van der Waals surface area contributed by atoms with Crippen molar-refractivity contribution in [3.05, 3.63) is 11.8 Å². The molecule has 0 spiro atoms. The van der Waals surface area contributed by atoms with Gasteiger partial charge in [0.2, 0.25) is 0 Å². The molecule has 0 aromatic rings. The molecule has 0 aromatic carbocycles. The Hall–Kier alpha value is 0.716. The van der Waals surface area contributed by atoms with Gasteiger partial charge in [0.15, 0.2) is 0 Å². The molecular weight excluding hydrogens is 415 g/mol. The van der Waals surface area contributed by atoms with E-state index in [-0.39, 0.29) is 6.10 Å². The molecule has 0 radical (unpaired) electrons. The summed E-state index contributed by atoms with van der Waals surface area (Å²) in [6.07, 6.45) is 12.5. The van der Waals surface area contributed by atoms with Crippen LogP contribution < -0.4 is 0 Å². The molecule has 0 heterocycles. The summed E-state index contributed by atoms with van der Waals surface area (Å²) >= 11 is -2.02. The van der Waals surface area contributed by atoms with Crippen LogP contribution in [0.2, 0.25) is 37.4 Å². The zero-order chi connectivity index (χ0) is 18.5. The van der Waals surface area contributed by atoms with Gasteiger partial charge in [-0.15, -0.1) is 0 Å². The van der Waals surface area contributed by atoms with E-state index in [0.717, 1.165) is 12.8 Å². The number of rotatable bonds is 15. The van der Waals surface area contributed by atoms with Crippen molar-refractivity contribution in [1.29, 1.82) is 0 Å². The average molecular weight is 461 g/mol. The molecule has 3 heteroatoms. The van der Waals surface area contributed by atoms with Crippen LogP contribution in [0.4, 0.5) is 0 Å². The second-order valence-electron chi connectivity index (χ2n) is 9.01. The van der Waals surface area contributed by atoms with Crippen molar-refractivity contribution in [2.45, 2.75) is 116 Å². The molecular formula is C21H46OSiSn. The quantitative estimate of drug-likeness (QED) is 0.252. The Labute approximate surface area is 158 Å².